The number of ketones is 1. The van der Waals surface area contributed by atoms with Gasteiger partial charge < -0.3 is 4.74 Å². The summed E-state index contributed by atoms with van der Waals surface area (Å²) >= 11 is 0. The molecule has 20 heavy (non-hydrogen) atoms. The van der Waals surface area contributed by atoms with Crippen molar-refractivity contribution in [1.29, 1.82) is 0 Å². The molecule has 0 bridgehead atoms. The first-order valence-corrected chi connectivity index (χ1v) is 7.89. The van der Waals surface area contributed by atoms with E-state index in [0.717, 1.165) is 37.9 Å². The van der Waals surface area contributed by atoms with E-state index < -0.39 is 0 Å². The molecule has 0 N–H and O–H groups in total. The van der Waals surface area contributed by atoms with Gasteiger partial charge in [0.1, 0.15) is 5.78 Å². The Morgan fingerprint density at radius 3 is 2.65 bits per heavy atom. The molecule has 1 atom stereocenters. The number of hydrogen-bond acceptors (Lipinski definition) is 2. The quantitative estimate of drug-likeness (QED) is 0.835. The van der Waals surface area contributed by atoms with Gasteiger partial charge in [-0.05, 0) is 38.2 Å². The maximum absolute atomic E-state index is 12.5. The number of carbonyl (C=O) groups excluding carboxylic acids is 1. The third-order valence-electron chi connectivity index (χ3n) is 4.96. The van der Waals surface area contributed by atoms with E-state index in [2.05, 4.69) is 31.2 Å². The molecule has 1 aliphatic heterocycles. The summed E-state index contributed by atoms with van der Waals surface area (Å²) in [4.78, 5) is 12.5. The van der Waals surface area contributed by atoms with Gasteiger partial charge in [-0.1, -0.05) is 42.7 Å². The van der Waals surface area contributed by atoms with Crippen LogP contribution in [0.3, 0.4) is 0 Å². The highest BCUT2D eigenvalue weighted by molar-refractivity contribution is 5.83. The van der Waals surface area contributed by atoms with Gasteiger partial charge in [0.2, 0.25) is 0 Å². The van der Waals surface area contributed by atoms with Crippen LogP contribution >= 0.6 is 0 Å². The molecule has 2 fully saturated rings. The summed E-state index contributed by atoms with van der Waals surface area (Å²) in [7, 11) is 0. The molecule has 1 saturated carbocycles. The van der Waals surface area contributed by atoms with E-state index in [1.807, 2.05) is 0 Å². The number of rotatable bonds is 3. The van der Waals surface area contributed by atoms with Crippen molar-refractivity contribution in [3.8, 4) is 0 Å². The zero-order valence-corrected chi connectivity index (χ0v) is 12.4. The zero-order chi connectivity index (χ0) is 14.0. The lowest BCUT2D eigenvalue weighted by molar-refractivity contribution is -0.135. The van der Waals surface area contributed by atoms with Crippen LogP contribution in [0.15, 0.2) is 24.3 Å². The van der Waals surface area contributed by atoms with Crippen LogP contribution in [-0.2, 0) is 16.0 Å². The Kier molecular flexibility index (Phi) is 3.93. The average Bonchev–Trinajstić information content (AvgIpc) is 2.89. The number of Topliss-reactive ketones (excluding diaryl/α,β-unsaturated/α-hetero) is 1. The molecule has 3 rings (SSSR count). The molecule has 1 aromatic rings. The van der Waals surface area contributed by atoms with Crippen molar-refractivity contribution in [3.05, 3.63) is 35.4 Å². The molecule has 1 saturated heterocycles. The standard InChI is InChI=1S/C18H24O2/c1-14-4-6-15(7-5-14)12-17(19)16-8-11-20-18(13-16)9-2-3-10-18/h4-7,16H,2-3,8-13H2,1H3. The second kappa shape index (κ2) is 5.69. The molecule has 1 spiro atoms. The van der Waals surface area contributed by atoms with Gasteiger partial charge in [-0.25, -0.2) is 0 Å². The van der Waals surface area contributed by atoms with Crippen LogP contribution < -0.4 is 0 Å². The third-order valence-corrected chi connectivity index (χ3v) is 4.96. The van der Waals surface area contributed by atoms with Gasteiger partial charge in [0.05, 0.1) is 5.60 Å². The highest BCUT2D eigenvalue weighted by Gasteiger charge is 2.41. The molecule has 2 heteroatoms. The van der Waals surface area contributed by atoms with Crippen LogP contribution in [0.2, 0.25) is 0 Å². The molecular formula is C18H24O2. The van der Waals surface area contributed by atoms with Crippen LogP contribution in [0, 0.1) is 12.8 Å². The van der Waals surface area contributed by atoms with E-state index in [0.29, 0.717) is 12.2 Å². The zero-order valence-electron chi connectivity index (χ0n) is 12.4. The molecule has 1 heterocycles. The molecule has 1 aromatic carbocycles. The fourth-order valence-electron chi connectivity index (χ4n) is 3.72. The number of carbonyl (C=O) groups is 1. The van der Waals surface area contributed by atoms with E-state index in [1.165, 1.54) is 18.4 Å². The van der Waals surface area contributed by atoms with Crippen LogP contribution in [0.25, 0.3) is 0 Å². The molecule has 2 aliphatic rings. The van der Waals surface area contributed by atoms with Crippen molar-refractivity contribution in [1.82, 2.24) is 0 Å². The predicted molar refractivity (Wildman–Crippen MR) is 79.8 cm³/mol. The normalized spacial score (nSPS) is 24.9. The largest absolute Gasteiger partial charge is 0.375 e. The fourth-order valence-corrected chi connectivity index (χ4v) is 3.72. The Labute approximate surface area is 121 Å². The molecule has 2 nitrogen and oxygen atoms in total. The second-order valence-electron chi connectivity index (χ2n) is 6.56. The van der Waals surface area contributed by atoms with Gasteiger partial charge in [0, 0.05) is 18.9 Å². The Morgan fingerprint density at radius 1 is 1.25 bits per heavy atom. The molecule has 0 radical (unpaired) electrons. The lowest BCUT2D eigenvalue weighted by Crippen LogP contribution is -2.40. The fraction of sp³-hybridized carbons (Fsp3) is 0.611. The lowest BCUT2D eigenvalue weighted by atomic mass is 9.81. The smallest absolute Gasteiger partial charge is 0.140 e. The third kappa shape index (κ3) is 2.95. The Hall–Kier alpha value is -1.15. The SMILES string of the molecule is Cc1ccc(CC(=O)C2CCOC3(CCCC3)C2)cc1. The van der Waals surface area contributed by atoms with Gasteiger partial charge in [0.15, 0.2) is 0 Å². The Bertz CT molecular complexity index is 469. The first-order chi connectivity index (χ1) is 9.67. The lowest BCUT2D eigenvalue weighted by Gasteiger charge is -2.37. The molecule has 0 aromatic heterocycles. The summed E-state index contributed by atoms with van der Waals surface area (Å²) in [5.74, 6) is 0.617. The molecule has 1 aliphatic carbocycles. The molecule has 0 amide bonds. The van der Waals surface area contributed by atoms with Crippen molar-refractivity contribution < 1.29 is 9.53 Å². The van der Waals surface area contributed by atoms with Gasteiger partial charge >= 0.3 is 0 Å². The van der Waals surface area contributed by atoms with Crippen molar-refractivity contribution in [2.75, 3.05) is 6.61 Å². The highest BCUT2D eigenvalue weighted by Crippen LogP contribution is 2.42. The topological polar surface area (TPSA) is 26.3 Å². The van der Waals surface area contributed by atoms with Gasteiger partial charge in [-0.3, -0.25) is 4.79 Å². The van der Waals surface area contributed by atoms with E-state index >= 15 is 0 Å². The summed E-state index contributed by atoms with van der Waals surface area (Å²) in [5.41, 5.74) is 2.44. The van der Waals surface area contributed by atoms with E-state index in [9.17, 15) is 4.79 Å². The van der Waals surface area contributed by atoms with Crippen LogP contribution in [0.4, 0.5) is 0 Å². The summed E-state index contributed by atoms with van der Waals surface area (Å²) < 4.78 is 6.02. The van der Waals surface area contributed by atoms with Crippen LogP contribution in [0.5, 0.6) is 0 Å². The molecular weight excluding hydrogens is 248 g/mol. The first-order valence-electron chi connectivity index (χ1n) is 7.89. The number of aryl methyl sites for hydroxylation is 1. The monoisotopic (exact) mass is 272 g/mol. The maximum atomic E-state index is 12.5. The minimum Gasteiger partial charge on any atom is -0.375 e. The number of ether oxygens (including phenoxy) is 1. The maximum Gasteiger partial charge on any atom is 0.140 e. The summed E-state index contributed by atoms with van der Waals surface area (Å²) in [6, 6.07) is 8.34. The average molecular weight is 272 g/mol. The van der Waals surface area contributed by atoms with Crippen molar-refractivity contribution in [2.24, 2.45) is 5.92 Å². The van der Waals surface area contributed by atoms with Gasteiger partial charge in [-0.15, -0.1) is 0 Å². The van der Waals surface area contributed by atoms with E-state index in [4.69, 9.17) is 4.74 Å². The van der Waals surface area contributed by atoms with E-state index in [1.54, 1.807) is 0 Å². The summed E-state index contributed by atoms with van der Waals surface area (Å²) in [6.45, 7) is 2.85. The highest BCUT2D eigenvalue weighted by atomic mass is 16.5. The number of benzene rings is 1. The second-order valence-corrected chi connectivity index (χ2v) is 6.56. The first kappa shape index (κ1) is 13.8. The summed E-state index contributed by atoms with van der Waals surface area (Å²) in [6.07, 6.45) is 7.28. The van der Waals surface area contributed by atoms with Crippen molar-refractivity contribution >= 4 is 5.78 Å². The molecule has 1 unspecified atom stereocenters. The van der Waals surface area contributed by atoms with Crippen molar-refractivity contribution in [3.63, 3.8) is 0 Å². The van der Waals surface area contributed by atoms with Crippen LogP contribution in [-0.4, -0.2) is 18.0 Å². The van der Waals surface area contributed by atoms with Gasteiger partial charge in [0.25, 0.3) is 0 Å². The minimum atomic E-state index is 0.0475. The van der Waals surface area contributed by atoms with E-state index in [-0.39, 0.29) is 11.5 Å². The Balaban J connectivity index is 1.63. The van der Waals surface area contributed by atoms with Gasteiger partial charge in [-0.2, -0.15) is 0 Å². The molecule has 108 valence electrons. The number of hydrogen-bond donors (Lipinski definition) is 0. The minimum absolute atomic E-state index is 0.0475. The van der Waals surface area contributed by atoms with Crippen LogP contribution in [0.1, 0.15) is 49.7 Å². The predicted octanol–water partition coefficient (Wildman–Crippen LogP) is 3.85. The van der Waals surface area contributed by atoms with Crippen molar-refractivity contribution in [2.45, 2.75) is 57.5 Å². The Morgan fingerprint density at radius 2 is 1.95 bits per heavy atom. The summed E-state index contributed by atoms with van der Waals surface area (Å²) in [5, 5.41) is 0.